The van der Waals surface area contributed by atoms with Gasteiger partial charge >= 0.3 is 0 Å². The molecule has 0 aliphatic heterocycles. The van der Waals surface area contributed by atoms with Gasteiger partial charge in [0.15, 0.2) is 5.75 Å². The number of para-hydroxylation sites is 1. The van der Waals surface area contributed by atoms with E-state index in [-0.39, 0.29) is 0 Å². The molecule has 0 bridgehead atoms. The number of nitrogens with zero attached hydrogens (tertiary/aromatic N) is 1. The molecule has 0 atom stereocenters. The van der Waals surface area contributed by atoms with Crippen LogP contribution in [0.5, 0.6) is 10.9 Å². The molecule has 0 unspecified atom stereocenters. The van der Waals surface area contributed by atoms with Crippen LogP contribution in [0.3, 0.4) is 0 Å². The number of halogens is 1. The molecule has 0 radical (unpaired) electrons. The number of rotatable bonds is 2. The fourth-order valence-electron chi connectivity index (χ4n) is 1.59. The van der Waals surface area contributed by atoms with Crippen LogP contribution < -0.4 is 10.5 Å². The number of ether oxygens (including phenoxy) is 1. The third kappa shape index (κ3) is 2.12. The molecular formula is C13H9ClN2OS. The summed E-state index contributed by atoms with van der Waals surface area (Å²) in [6.45, 7) is 0. The Morgan fingerprint density at radius 2 is 2.00 bits per heavy atom. The highest BCUT2D eigenvalue weighted by Crippen LogP contribution is 2.35. The largest absolute Gasteiger partial charge is 0.429 e. The van der Waals surface area contributed by atoms with Gasteiger partial charge in [0.2, 0.25) is 0 Å². The van der Waals surface area contributed by atoms with E-state index in [2.05, 4.69) is 4.98 Å². The van der Waals surface area contributed by atoms with Crippen LogP contribution in [0.2, 0.25) is 5.02 Å². The maximum Gasteiger partial charge on any atom is 0.279 e. The van der Waals surface area contributed by atoms with Crippen molar-refractivity contribution in [2.45, 2.75) is 0 Å². The van der Waals surface area contributed by atoms with Crippen molar-refractivity contribution in [2.24, 2.45) is 0 Å². The van der Waals surface area contributed by atoms with Crippen LogP contribution in [0.15, 0.2) is 42.5 Å². The topological polar surface area (TPSA) is 48.1 Å². The number of fused-ring (bicyclic) bond motifs is 1. The van der Waals surface area contributed by atoms with Gasteiger partial charge in [-0.15, -0.1) is 0 Å². The molecule has 2 N–H and O–H groups in total. The van der Waals surface area contributed by atoms with E-state index < -0.39 is 0 Å². The molecule has 0 amide bonds. The zero-order valence-corrected chi connectivity index (χ0v) is 10.8. The number of aromatic nitrogens is 1. The maximum atomic E-state index is 6.04. The van der Waals surface area contributed by atoms with Crippen LogP contribution in [-0.2, 0) is 0 Å². The zero-order valence-electron chi connectivity index (χ0n) is 9.26. The molecule has 0 fully saturated rings. The second-order valence-electron chi connectivity index (χ2n) is 3.74. The normalized spacial score (nSPS) is 10.7. The molecule has 1 heterocycles. The molecule has 3 rings (SSSR count). The molecule has 3 nitrogen and oxygen atoms in total. The molecule has 0 aliphatic carbocycles. The molecule has 2 aromatic carbocycles. The highest BCUT2D eigenvalue weighted by molar-refractivity contribution is 7.20. The van der Waals surface area contributed by atoms with Crippen molar-refractivity contribution in [1.29, 1.82) is 0 Å². The van der Waals surface area contributed by atoms with E-state index in [0.717, 1.165) is 10.2 Å². The standard InChI is InChI=1S/C13H9ClN2OS/c14-9-6-5-8(15)7-11(9)17-13-16-10-3-1-2-4-12(10)18-13/h1-7H,15H2. The molecule has 90 valence electrons. The Hall–Kier alpha value is -1.78. The minimum atomic E-state index is 0.517. The Balaban J connectivity index is 1.98. The average molecular weight is 277 g/mol. The molecule has 0 saturated heterocycles. The third-order valence-electron chi connectivity index (χ3n) is 2.43. The number of thiazole rings is 1. The van der Waals surface area contributed by atoms with Gasteiger partial charge < -0.3 is 10.5 Å². The Morgan fingerprint density at radius 3 is 2.83 bits per heavy atom. The van der Waals surface area contributed by atoms with E-state index in [1.54, 1.807) is 18.2 Å². The molecule has 5 heteroatoms. The summed E-state index contributed by atoms with van der Waals surface area (Å²) in [7, 11) is 0. The highest BCUT2D eigenvalue weighted by atomic mass is 35.5. The van der Waals surface area contributed by atoms with Gasteiger partial charge in [0.05, 0.1) is 15.2 Å². The lowest BCUT2D eigenvalue weighted by Gasteiger charge is -2.04. The summed E-state index contributed by atoms with van der Waals surface area (Å²) >= 11 is 7.52. The predicted octanol–water partition coefficient (Wildman–Crippen LogP) is 4.32. The lowest BCUT2D eigenvalue weighted by atomic mass is 10.3. The molecule has 0 saturated carbocycles. The van der Waals surface area contributed by atoms with E-state index >= 15 is 0 Å². The summed E-state index contributed by atoms with van der Waals surface area (Å²) in [5, 5.41) is 1.08. The van der Waals surface area contributed by atoms with Crippen LogP contribution in [0, 0.1) is 0 Å². The highest BCUT2D eigenvalue weighted by Gasteiger charge is 2.08. The first-order valence-corrected chi connectivity index (χ1v) is 6.50. The van der Waals surface area contributed by atoms with Crippen LogP contribution in [0.25, 0.3) is 10.2 Å². The quantitative estimate of drug-likeness (QED) is 0.709. The van der Waals surface area contributed by atoms with Crippen LogP contribution in [-0.4, -0.2) is 4.98 Å². The van der Waals surface area contributed by atoms with E-state index in [4.69, 9.17) is 22.1 Å². The fourth-order valence-corrected chi connectivity index (χ4v) is 2.57. The minimum Gasteiger partial charge on any atom is -0.429 e. The van der Waals surface area contributed by atoms with Gasteiger partial charge in [-0.05, 0) is 24.3 Å². The van der Waals surface area contributed by atoms with Gasteiger partial charge in [-0.2, -0.15) is 0 Å². The SMILES string of the molecule is Nc1ccc(Cl)c(Oc2nc3ccccc3s2)c1. The van der Waals surface area contributed by atoms with E-state index in [1.165, 1.54) is 11.3 Å². The van der Waals surface area contributed by atoms with Crippen molar-refractivity contribution in [2.75, 3.05) is 5.73 Å². The van der Waals surface area contributed by atoms with Crippen molar-refractivity contribution in [3.05, 3.63) is 47.5 Å². The van der Waals surface area contributed by atoms with Crippen molar-refractivity contribution in [3.8, 4) is 10.9 Å². The summed E-state index contributed by atoms with van der Waals surface area (Å²) in [6, 6.07) is 13.0. The monoisotopic (exact) mass is 276 g/mol. The van der Waals surface area contributed by atoms with E-state index in [9.17, 15) is 0 Å². The number of nitrogens with two attached hydrogens (primary N) is 1. The van der Waals surface area contributed by atoms with E-state index in [1.807, 2.05) is 24.3 Å². The number of benzene rings is 2. The Kier molecular flexibility index (Phi) is 2.81. The van der Waals surface area contributed by atoms with Crippen LogP contribution in [0.4, 0.5) is 5.69 Å². The van der Waals surface area contributed by atoms with Crippen molar-refractivity contribution >= 4 is 38.8 Å². The summed E-state index contributed by atoms with van der Waals surface area (Å²) < 4.78 is 6.75. The third-order valence-corrected chi connectivity index (χ3v) is 3.65. The molecular weight excluding hydrogens is 268 g/mol. The summed E-state index contributed by atoms with van der Waals surface area (Å²) in [4.78, 5) is 4.38. The van der Waals surface area contributed by atoms with Gasteiger partial charge in [-0.25, -0.2) is 4.98 Å². The van der Waals surface area contributed by atoms with E-state index in [0.29, 0.717) is 21.7 Å². The minimum absolute atomic E-state index is 0.517. The predicted molar refractivity (Wildman–Crippen MR) is 75.6 cm³/mol. The van der Waals surface area contributed by atoms with Crippen molar-refractivity contribution in [1.82, 2.24) is 4.98 Å². The lowest BCUT2D eigenvalue weighted by molar-refractivity contribution is 0.481. The summed E-state index contributed by atoms with van der Waals surface area (Å²) in [5.41, 5.74) is 7.22. The second kappa shape index (κ2) is 4.48. The Morgan fingerprint density at radius 1 is 1.17 bits per heavy atom. The fraction of sp³-hybridized carbons (Fsp3) is 0. The zero-order chi connectivity index (χ0) is 12.5. The summed E-state index contributed by atoms with van der Waals surface area (Å²) in [5.74, 6) is 0.524. The van der Waals surface area contributed by atoms with Crippen molar-refractivity contribution < 1.29 is 4.74 Å². The molecule has 0 spiro atoms. The molecule has 18 heavy (non-hydrogen) atoms. The second-order valence-corrected chi connectivity index (χ2v) is 5.14. The Labute approximate surface area is 113 Å². The van der Waals surface area contributed by atoms with Crippen molar-refractivity contribution in [3.63, 3.8) is 0 Å². The average Bonchev–Trinajstić information content (AvgIpc) is 2.76. The van der Waals surface area contributed by atoms with Gasteiger partial charge in [0.1, 0.15) is 0 Å². The van der Waals surface area contributed by atoms with Crippen LogP contribution >= 0.6 is 22.9 Å². The Bertz CT molecular complexity index is 678. The smallest absolute Gasteiger partial charge is 0.279 e. The summed E-state index contributed by atoms with van der Waals surface area (Å²) in [6.07, 6.45) is 0. The van der Waals surface area contributed by atoms with Gasteiger partial charge in [-0.1, -0.05) is 35.1 Å². The first kappa shape index (κ1) is 11.3. The molecule has 0 aliphatic rings. The first-order valence-electron chi connectivity index (χ1n) is 5.31. The number of hydrogen-bond acceptors (Lipinski definition) is 4. The first-order chi connectivity index (χ1) is 8.72. The van der Waals surface area contributed by atoms with Gasteiger partial charge in [0, 0.05) is 11.8 Å². The van der Waals surface area contributed by atoms with Gasteiger partial charge in [-0.3, -0.25) is 0 Å². The van der Waals surface area contributed by atoms with Crippen LogP contribution in [0.1, 0.15) is 0 Å². The number of hydrogen-bond donors (Lipinski definition) is 1. The maximum absolute atomic E-state index is 6.04. The van der Waals surface area contributed by atoms with Gasteiger partial charge in [0.25, 0.3) is 5.19 Å². The lowest BCUT2D eigenvalue weighted by Crippen LogP contribution is -1.88. The number of anilines is 1. The molecule has 1 aromatic heterocycles. The number of nitrogen functional groups attached to an aromatic ring is 1. The molecule has 3 aromatic rings.